The minimum Gasteiger partial charge on any atom is -0.497 e. The standard InChI is InChI=1S/C21H18F3N5O2S2/c1-30-16-3-2-4-17(9-16)31-10-18-27-28-20(29(18)25)33-12-15-11-32-19(26-15)13-5-7-14(8-6-13)21(22,23)24/h2-9,11H,10,12,25H2,1H3. The molecule has 7 nitrogen and oxygen atoms in total. The Morgan fingerprint density at radius 3 is 2.58 bits per heavy atom. The summed E-state index contributed by atoms with van der Waals surface area (Å²) in [6.07, 6.45) is -4.36. The number of ether oxygens (including phenoxy) is 2. The van der Waals surface area contributed by atoms with E-state index in [4.69, 9.17) is 15.3 Å². The van der Waals surface area contributed by atoms with Crippen molar-refractivity contribution in [1.82, 2.24) is 19.9 Å². The Balaban J connectivity index is 1.35. The highest BCUT2D eigenvalue weighted by atomic mass is 32.2. The van der Waals surface area contributed by atoms with Crippen molar-refractivity contribution in [3.05, 3.63) is 71.0 Å². The van der Waals surface area contributed by atoms with Crippen LogP contribution in [0.1, 0.15) is 17.1 Å². The predicted octanol–water partition coefficient (Wildman–Crippen LogP) is 5.01. The number of halogens is 3. The van der Waals surface area contributed by atoms with E-state index < -0.39 is 11.7 Å². The Morgan fingerprint density at radius 1 is 1.09 bits per heavy atom. The molecule has 2 aromatic carbocycles. The summed E-state index contributed by atoms with van der Waals surface area (Å²) in [4.78, 5) is 4.50. The zero-order chi connectivity index (χ0) is 23.4. The quantitative estimate of drug-likeness (QED) is 0.273. The summed E-state index contributed by atoms with van der Waals surface area (Å²) in [5.41, 5.74) is 0.701. The molecule has 2 N–H and O–H groups in total. The first kappa shape index (κ1) is 22.9. The molecule has 0 atom stereocenters. The molecule has 0 unspecified atom stereocenters. The molecular formula is C21H18F3N5O2S2. The van der Waals surface area contributed by atoms with E-state index in [9.17, 15) is 13.2 Å². The molecule has 0 aliphatic heterocycles. The van der Waals surface area contributed by atoms with Gasteiger partial charge in [-0.25, -0.2) is 9.66 Å². The van der Waals surface area contributed by atoms with Gasteiger partial charge < -0.3 is 15.3 Å². The number of thioether (sulfide) groups is 1. The van der Waals surface area contributed by atoms with Crippen LogP contribution in [0.25, 0.3) is 10.6 Å². The van der Waals surface area contributed by atoms with Crippen LogP contribution in [0.15, 0.2) is 59.1 Å². The molecule has 0 spiro atoms. The fraction of sp³-hybridized carbons (Fsp3) is 0.190. The molecule has 33 heavy (non-hydrogen) atoms. The lowest BCUT2D eigenvalue weighted by atomic mass is 10.1. The fourth-order valence-corrected chi connectivity index (χ4v) is 4.49. The van der Waals surface area contributed by atoms with Gasteiger partial charge in [0.2, 0.25) is 5.16 Å². The van der Waals surface area contributed by atoms with Crippen LogP contribution in [0.3, 0.4) is 0 Å². The summed E-state index contributed by atoms with van der Waals surface area (Å²) >= 11 is 2.71. The van der Waals surface area contributed by atoms with Gasteiger partial charge in [0.05, 0.1) is 18.4 Å². The molecule has 172 valence electrons. The fourth-order valence-electron chi connectivity index (χ4n) is 2.79. The highest BCUT2D eigenvalue weighted by Gasteiger charge is 2.30. The first-order valence-corrected chi connectivity index (χ1v) is 11.4. The molecule has 0 radical (unpaired) electrons. The lowest BCUT2D eigenvalue weighted by Crippen LogP contribution is -2.15. The molecule has 0 bridgehead atoms. The van der Waals surface area contributed by atoms with E-state index >= 15 is 0 Å². The van der Waals surface area contributed by atoms with Crippen LogP contribution in [0, 0.1) is 0 Å². The number of alkyl halides is 3. The number of nitrogens with zero attached hydrogens (tertiary/aromatic N) is 4. The number of nitrogens with two attached hydrogens (primary N) is 1. The second kappa shape index (κ2) is 9.71. The van der Waals surface area contributed by atoms with Crippen molar-refractivity contribution < 1.29 is 22.6 Å². The van der Waals surface area contributed by atoms with Crippen molar-refractivity contribution in [2.24, 2.45) is 0 Å². The average molecular weight is 494 g/mol. The number of methoxy groups -OCH3 is 1. The van der Waals surface area contributed by atoms with Gasteiger partial charge in [-0.3, -0.25) is 0 Å². The van der Waals surface area contributed by atoms with E-state index in [1.165, 1.54) is 39.9 Å². The molecule has 0 saturated heterocycles. The van der Waals surface area contributed by atoms with Crippen LogP contribution in [-0.4, -0.2) is 27.0 Å². The number of hydrogen-bond acceptors (Lipinski definition) is 8. The van der Waals surface area contributed by atoms with Crippen LogP contribution in [0.4, 0.5) is 13.2 Å². The molecule has 4 aromatic rings. The van der Waals surface area contributed by atoms with Gasteiger partial charge in [-0.2, -0.15) is 13.2 Å². The number of rotatable bonds is 8. The average Bonchev–Trinajstić information content (AvgIpc) is 3.42. The monoisotopic (exact) mass is 493 g/mol. The molecule has 2 heterocycles. The number of aromatic nitrogens is 4. The van der Waals surface area contributed by atoms with Crippen LogP contribution in [0.2, 0.25) is 0 Å². The Bertz CT molecular complexity index is 1230. The van der Waals surface area contributed by atoms with E-state index in [2.05, 4.69) is 15.2 Å². The van der Waals surface area contributed by atoms with Gasteiger partial charge >= 0.3 is 6.18 Å². The van der Waals surface area contributed by atoms with Crippen LogP contribution < -0.4 is 15.3 Å². The predicted molar refractivity (Wildman–Crippen MR) is 120 cm³/mol. The van der Waals surface area contributed by atoms with Gasteiger partial charge in [-0.05, 0) is 24.3 Å². The maximum absolute atomic E-state index is 12.7. The molecule has 0 fully saturated rings. The zero-order valence-electron chi connectivity index (χ0n) is 17.2. The third-order valence-corrected chi connectivity index (χ3v) is 6.42. The maximum Gasteiger partial charge on any atom is 0.416 e. The summed E-state index contributed by atoms with van der Waals surface area (Å²) in [6, 6.07) is 12.1. The van der Waals surface area contributed by atoms with Crippen molar-refractivity contribution in [2.75, 3.05) is 13.0 Å². The molecule has 12 heteroatoms. The van der Waals surface area contributed by atoms with E-state index in [1.54, 1.807) is 19.2 Å². The molecular weight excluding hydrogens is 475 g/mol. The number of thiazole rings is 1. The Morgan fingerprint density at radius 2 is 1.85 bits per heavy atom. The lowest BCUT2D eigenvalue weighted by molar-refractivity contribution is -0.137. The van der Waals surface area contributed by atoms with E-state index in [-0.39, 0.29) is 6.61 Å². The molecule has 0 aliphatic carbocycles. The lowest BCUT2D eigenvalue weighted by Gasteiger charge is -2.07. The number of hydrogen-bond donors (Lipinski definition) is 1. The normalized spacial score (nSPS) is 11.5. The third-order valence-electron chi connectivity index (χ3n) is 4.50. The Hall–Kier alpha value is -3.25. The van der Waals surface area contributed by atoms with E-state index in [0.29, 0.717) is 38.8 Å². The number of benzene rings is 2. The smallest absolute Gasteiger partial charge is 0.416 e. The minimum atomic E-state index is -4.36. The topological polar surface area (TPSA) is 88.1 Å². The molecule has 4 rings (SSSR count). The highest BCUT2D eigenvalue weighted by Crippen LogP contribution is 2.32. The summed E-state index contributed by atoms with van der Waals surface area (Å²) in [6.45, 7) is 0.131. The molecule has 2 aromatic heterocycles. The van der Waals surface area contributed by atoms with Gasteiger partial charge in [0.15, 0.2) is 5.82 Å². The summed E-state index contributed by atoms with van der Waals surface area (Å²) < 4.78 is 50.4. The zero-order valence-corrected chi connectivity index (χ0v) is 18.9. The van der Waals surface area contributed by atoms with Crippen LogP contribution in [-0.2, 0) is 18.5 Å². The SMILES string of the molecule is COc1cccc(OCc2nnc(SCc3csc(-c4ccc(C(F)(F)F)cc4)n3)n2N)c1. The first-order valence-electron chi connectivity index (χ1n) is 9.54. The third kappa shape index (κ3) is 5.57. The van der Waals surface area contributed by atoms with Gasteiger partial charge in [0, 0.05) is 22.8 Å². The maximum atomic E-state index is 12.7. The van der Waals surface area contributed by atoms with Gasteiger partial charge in [-0.15, -0.1) is 21.5 Å². The van der Waals surface area contributed by atoms with Gasteiger partial charge in [-0.1, -0.05) is 30.0 Å². The number of nitrogen functional groups attached to an aromatic ring is 1. The Labute approximate surface area is 195 Å². The Kier molecular flexibility index (Phi) is 6.75. The molecule has 0 amide bonds. The van der Waals surface area contributed by atoms with Gasteiger partial charge in [0.25, 0.3) is 0 Å². The van der Waals surface area contributed by atoms with E-state index in [1.807, 2.05) is 17.5 Å². The van der Waals surface area contributed by atoms with Crippen LogP contribution >= 0.6 is 23.1 Å². The molecule has 0 saturated carbocycles. The summed E-state index contributed by atoms with van der Waals surface area (Å²) in [5, 5.41) is 11.1. The second-order valence-corrected chi connectivity index (χ2v) is 8.54. The van der Waals surface area contributed by atoms with Crippen molar-refractivity contribution in [1.29, 1.82) is 0 Å². The summed E-state index contributed by atoms with van der Waals surface area (Å²) in [5.74, 6) is 8.31. The van der Waals surface area contributed by atoms with Crippen molar-refractivity contribution in [3.8, 4) is 22.1 Å². The van der Waals surface area contributed by atoms with Crippen molar-refractivity contribution >= 4 is 23.1 Å². The first-order chi connectivity index (χ1) is 15.8. The van der Waals surface area contributed by atoms with Crippen LogP contribution in [0.5, 0.6) is 11.5 Å². The summed E-state index contributed by atoms with van der Waals surface area (Å²) in [7, 11) is 1.58. The molecule has 0 aliphatic rings. The largest absolute Gasteiger partial charge is 0.497 e. The van der Waals surface area contributed by atoms with Gasteiger partial charge in [0.1, 0.15) is 23.1 Å². The van der Waals surface area contributed by atoms with Crippen molar-refractivity contribution in [2.45, 2.75) is 23.7 Å². The van der Waals surface area contributed by atoms with E-state index in [0.717, 1.165) is 17.8 Å². The highest BCUT2D eigenvalue weighted by molar-refractivity contribution is 7.98. The minimum absolute atomic E-state index is 0.131. The second-order valence-electron chi connectivity index (χ2n) is 6.74. The van der Waals surface area contributed by atoms with Crippen molar-refractivity contribution in [3.63, 3.8) is 0 Å².